The van der Waals surface area contributed by atoms with Crippen molar-refractivity contribution in [1.29, 1.82) is 0 Å². The van der Waals surface area contributed by atoms with E-state index in [0.717, 1.165) is 18.2 Å². The van der Waals surface area contributed by atoms with Gasteiger partial charge in [-0.3, -0.25) is 10.1 Å². The molecule has 1 heterocycles. The van der Waals surface area contributed by atoms with Crippen LogP contribution in [0.2, 0.25) is 10.0 Å². The first-order valence-corrected chi connectivity index (χ1v) is 9.45. The Morgan fingerprint density at radius 3 is 2.46 bits per heavy atom. The average Bonchev–Trinajstić information content (AvgIpc) is 2.58. The highest BCUT2D eigenvalue weighted by molar-refractivity contribution is 7.89. The van der Waals surface area contributed by atoms with Gasteiger partial charge in [0.25, 0.3) is 5.69 Å². The van der Waals surface area contributed by atoms with E-state index in [-0.39, 0.29) is 24.1 Å². The van der Waals surface area contributed by atoms with Gasteiger partial charge in [-0.2, -0.15) is 13.2 Å². The summed E-state index contributed by atoms with van der Waals surface area (Å²) in [6.07, 6.45) is -4.10. The van der Waals surface area contributed by atoms with Crippen LogP contribution in [0.25, 0.3) is 0 Å². The Labute approximate surface area is 166 Å². The molecule has 2 aromatic rings. The van der Waals surface area contributed by atoms with Crippen LogP contribution in [0.5, 0.6) is 5.88 Å². The van der Waals surface area contributed by atoms with E-state index in [1.165, 1.54) is 0 Å². The third kappa shape index (κ3) is 5.44. The normalized spacial score (nSPS) is 12.0. The Morgan fingerprint density at radius 1 is 1.21 bits per heavy atom. The van der Waals surface area contributed by atoms with E-state index >= 15 is 0 Å². The number of nitro groups is 1. The molecule has 8 nitrogen and oxygen atoms in total. The number of rotatable bonds is 7. The molecule has 0 radical (unpaired) electrons. The zero-order valence-corrected chi connectivity index (χ0v) is 15.9. The number of sulfonamides is 1. The molecule has 14 heteroatoms. The lowest BCUT2D eigenvalue weighted by molar-refractivity contribution is -0.385. The lowest BCUT2D eigenvalue weighted by Crippen LogP contribution is -2.28. The molecule has 0 fully saturated rings. The summed E-state index contributed by atoms with van der Waals surface area (Å²) < 4.78 is 69.2. The molecule has 0 aliphatic rings. The van der Waals surface area contributed by atoms with Crippen LogP contribution in [0.15, 0.2) is 35.4 Å². The van der Waals surface area contributed by atoms with E-state index < -0.39 is 42.3 Å². The molecule has 0 atom stereocenters. The number of hydrogen-bond donors (Lipinski definition) is 1. The van der Waals surface area contributed by atoms with Crippen LogP contribution in [0, 0.1) is 10.1 Å². The van der Waals surface area contributed by atoms with Crippen molar-refractivity contribution in [2.24, 2.45) is 0 Å². The summed E-state index contributed by atoms with van der Waals surface area (Å²) in [5, 5.41) is 10.1. The highest BCUT2D eigenvalue weighted by Gasteiger charge is 2.31. The Hall–Kier alpha value is -2.15. The minimum Gasteiger partial charge on any atom is -0.475 e. The molecule has 0 amide bonds. The first-order chi connectivity index (χ1) is 12.9. The van der Waals surface area contributed by atoms with Crippen LogP contribution in [-0.4, -0.2) is 31.5 Å². The maximum atomic E-state index is 12.5. The lowest BCUT2D eigenvalue weighted by Gasteiger charge is -2.11. The van der Waals surface area contributed by atoms with Crippen molar-refractivity contribution in [1.82, 2.24) is 9.71 Å². The predicted molar refractivity (Wildman–Crippen MR) is 93.0 cm³/mol. The van der Waals surface area contributed by atoms with Crippen molar-refractivity contribution in [2.75, 3.05) is 13.2 Å². The molecule has 28 heavy (non-hydrogen) atoms. The fraction of sp³-hybridized carbons (Fsp3) is 0.214. The van der Waals surface area contributed by atoms with Crippen LogP contribution < -0.4 is 9.46 Å². The Bertz CT molecular complexity index is 1000. The van der Waals surface area contributed by atoms with Gasteiger partial charge in [0.1, 0.15) is 16.5 Å². The second-order valence-electron chi connectivity index (χ2n) is 5.13. The van der Waals surface area contributed by atoms with Gasteiger partial charge >= 0.3 is 6.18 Å². The molecular formula is C14H10Cl2F3N3O5S. The monoisotopic (exact) mass is 459 g/mol. The van der Waals surface area contributed by atoms with Gasteiger partial charge in [-0.05, 0) is 12.1 Å². The van der Waals surface area contributed by atoms with Crippen molar-refractivity contribution in [3.63, 3.8) is 0 Å². The average molecular weight is 460 g/mol. The van der Waals surface area contributed by atoms with E-state index in [4.69, 9.17) is 27.9 Å². The Kier molecular flexibility index (Phi) is 6.70. The SMILES string of the molecule is O=[N+]([O-])c1ccc(Cl)c(S(=O)(=O)NCCOc2ncc(C(F)(F)F)cc2Cl)c1. The largest absolute Gasteiger partial charge is 0.475 e. The predicted octanol–water partition coefficient (Wildman–Crippen LogP) is 3.67. The van der Waals surface area contributed by atoms with E-state index in [1.807, 2.05) is 0 Å². The summed E-state index contributed by atoms with van der Waals surface area (Å²) in [6.45, 7) is -0.662. The van der Waals surface area contributed by atoms with E-state index in [2.05, 4.69) is 9.71 Å². The van der Waals surface area contributed by atoms with Crippen molar-refractivity contribution in [3.05, 3.63) is 56.2 Å². The first-order valence-electron chi connectivity index (χ1n) is 7.21. The third-order valence-electron chi connectivity index (χ3n) is 3.18. The Balaban J connectivity index is 2.02. The minimum absolute atomic E-state index is 0.230. The fourth-order valence-electron chi connectivity index (χ4n) is 1.90. The maximum absolute atomic E-state index is 12.5. The number of aromatic nitrogens is 1. The van der Waals surface area contributed by atoms with Crippen LogP contribution in [0.4, 0.5) is 18.9 Å². The van der Waals surface area contributed by atoms with Gasteiger partial charge in [0, 0.05) is 24.9 Å². The molecule has 0 spiro atoms. The molecule has 0 saturated carbocycles. The summed E-state index contributed by atoms with van der Waals surface area (Å²) in [7, 11) is -4.21. The molecule has 0 bridgehead atoms. The fourth-order valence-corrected chi connectivity index (χ4v) is 3.65. The number of alkyl halides is 3. The van der Waals surface area contributed by atoms with Crippen molar-refractivity contribution >= 4 is 38.9 Å². The van der Waals surface area contributed by atoms with Gasteiger partial charge < -0.3 is 4.74 Å². The summed E-state index contributed by atoms with van der Waals surface area (Å²) in [5.41, 5.74) is -1.53. The second kappa shape index (κ2) is 8.47. The number of non-ortho nitro benzene ring substituents is 1. The van der Waals surface area contributed by atoms with Gasteiger partial charge in [-0.25, -0.2) is 18.1 Å². The summed E-state index contributed by atoms with van der Waals surface area (Å²) in [6, 6.07) is 3.52. The number of hydrogen-bond acceptors (Lipinski definition) is 6. The first kappa shape index (κ1) is 22.1. The summed E-state index contributed by atoms with van der Waals surface area (Å²) in [5.74, 6) is -0.317. The van der Waals surface area contributed by atoms with E-state index in [1.54, 1.807) is 0 Å². The number of nitro benzene ring substituents is 1. The number of nitrogens with zero attached hydrogens (tertiary/aromatic N) is 2. The molecule has 0 aliphatic heterocycles. The molecule has 0 saturated heterocycles. The molecule has 0 aliphatic carbocycles. The highest BCUT2D eigenvalue weighted by atomic mass is 35.5. The second-order valence-corrected chi connectivity index (χ2v) is 7.68. The maximum Gasteiger partial charge on any atom is 0.417 e. The number of halogens is 5. The van der Waals surface area contributed by atoms with Crippen LogP contribution in [0.1, 0.15) is 5.56 Å². The molecule has 1 N–H and O–H groups in total. The smallest absolute Gasteiger partial charge is 0.417 e. The van der Waals surface area contributed by atoms with Crippen LogP contribution in [-0.2, 0) is 16.2 Å². The van der Waals surface area contributed by atoms with Crippen molar-refractivity contribution < 1.29 is 31.2 Å². The zero-order chi connectivity index (χ0) is 21.1. The van der Waals surface area contributed by atoms with Crippen molar-refractivity contribution in [2.45, 2.75) is 11.1 Å². The quantitative estimate of drug-likeness (QED) is 0.384. The van der Waals surface area contributed by atoms with Gasteiger partial charge in [-0.15, -0.1) is 0 Å². The Morgan fingerprint density at radius 2 is 1.89 bits per heavy atom. The van der Waals surface area contributed by atoms with E-state index in [0.29, 0.717) is 12.3 Å². The number of benzene rings is 1. The molecule has 0 unspecified atom stereocenters. The summed E-state index contributed by atoms with van der Waals surface area (Å²) in [4.78, 5) is 12.9. The highest BCUT2D eigenvalue weighted by Crippen LogP contribution is 2.33. The number of ether oxygens (including phenoxy) is 1. The topological polar surface area (TPSA) is 111 Å². The van der Waals surface area contributed by atoms with E-state index in [9.17, 15) is 31.7 Å². The van der Waals surface area contributed by atoms with Gasteiger partial charge in [0.2, 0.25) is 15.9 Å². The van der Waals surface area contributed by atoms with Crippen LogP contribution in [0.3, 0.4) is 0 Å². The molecule has 2 rings (SSSR count). The molecular weight excluding hydrogens is 450 g/mol. The number of nitrogens with one attached hydrogen (secondary N) is 1. The van der Waals surface area contributed by atoms with Gasteiger partial charge in [0.05, 0.1) is 15.5 Å². The minimum atomic E-state index is -4.62. The number of pyridine rings is 1. The van der Waals surface area contributed by atoms with Crippen LogP contribution >= 0.6 is 23.2 Å². The van der Waals surface area contributed by atoms with Gasteiger partial charge in [-0.1, -0.05) is 23.2 Å². The summed E-state index contributed by atoms with van der Waals surface area (Å²) >= 11 is 11.4. The van der Waals surface area contributed by atoms with Gasteiger partial charge in [0.15, 0.2) is 0 Å². The lowest BCUT2D eigenvalue weighted by atomic mass is 10.3. The third-order valence-corrected chi connectivity index (χ3v) is 5.40. The molecule has 1 aromatic carbocycles. The zero-order valence-electron chi connectivity index (χ0n) is 13.5. The molecule has 1 aromatic heterocycles. The standard InChI is InChI=1S/C14H10Cl2F3N3O5S/c15-10-2-1-9(22(23)24)6-12(10)28(25,26)21-3-4-27-13-11(16)5-8(7-20-13)14(17,18)19/h1-2,5-7,21H,3-4H2. The van der Waals surface area contributed by atoms with Crippen molar-refractivity contribution in [3.8, 4) is 5.88 Å². The molecule has 152 valence electrons.